The minimum Gasteiger partial charge on any atom is -0.494 e. The van der Waals surface area contributed by atoms with E-state index in [2.05, 4.69) is 17.2 Å². The van der Waals surface area contributed by atoms with Crippen molar-refractivity contribution in [1.29, 1.82) is 0 Å². The van der Waals surface area contributed by atoms with Gasteiger partial charge in [-0.1, -0.05) is 42.4 Å². The molecule has 5 heteroatoms. The van der Waals surface area contributed by atoms with E-state index in [0.29, 0.717) is 6.61 Å². The number of para-hydroxylation sites is 1. The molecule has 122 valence electrons. The van der Waals surface area contributed by atoms with E-state index in [-0.39, 0.29) is 0 Å². The second-order valence-electron chi connectivity index (χ2n) is 5.33. The molecule has 3 rings (SSSR count). The maximum atomic E-state index is 8.95. The van der Waals surface area contributed by atoms with E-state index in [9.17, 15) is 0 Å². The van der Waals surface area contributed by atoms with Crippen molar-refractivity contribution in [3.63, 3.8) is 0 Å². The summed E-state index contributed by atoms with van der Waals surface area (Å²) < 4.78 is 7.46. The van der Waals surface area contributed by atoms with E-state index < -0.39 is 0 Å². The van der Waals surface area contributed by atoms with Crippen LogP contribution in [0.2, 0.25) is 0 Å². The van der Waals surface area contributed by atoms with Gasteiger partial charge in [-0.2, -0.15) is 5.10 Å². The van der Waals surface area contributed by atoms with Crippen LogP contribution >= 0.6 is 0 Å². The third-order valence-corrected chi connectivity index (χ3v) is 3.54. The Morgan fingerprint density at radius 3 is 2.75 bits per heavy atom. The lowest BCUT2D eigenvalue weighted by Gasteiger charge is -2.06. The monoisotopic (exact) mass is 321 g/mol. The average molecular weight is 321 g/mol. The quantitative estimate of drug-likeness (QED) is 0.422. The predicted molar refractivity (Wildman–Crippen MR) is 94.2 cm³/mol. The van der Waals surface area contributed by atoms with Crippen LogP contribution in [-0.4, -0.2) is 27.8 Å². The van der Waals surface area contributed by atoms with Gasteiger partial charge in [0.1, 0.15) is 11.4 Å². The van der Waals surface area contributed by atoms with Crippen molar-refractivity contribution in [2.45, 2.75) is 13.3 Å². The molecule has 1 aromatic heterocycles. The van der Waals surface area contributed by atoms with Crippen LogP contribution in [0.1, 0.15) is 18.9 Å². The Morgan fingerprint density at radius 1 is 1.17 bits per heavy atom. The van der Waals surface area contributed by atoms with Gasteiger partial charge in [0.05, 0.1) is 18.5 Å². The Morgan fingerprint density at radius 2 is 2.00 bits per heavy atom. The number of hydrogen-bond donors (Lipinski definition) is 1. The van der Waals surface area contributed by atoms with Gasteiger partial charge in [0, 0.05) is 17.3 Å². The minimum atomic E-state index is 0.673. The van der Waals surface area contributed by atoms with Crippen LogP contribution in [0.5, 0.6) is 5.75 Å². The summed E-state index contributed by atoms with van der Waals surface area (Å²) in [5.41, 5.74) is 3.32. The Balaban J connectivity index is 2.02. The first-order valence-corrected chi connectivity index (χ1v) is 7.87. The molecule has 2 aromatic carbocycles. The highest BCUT2D eigenvalue weighted by Crippen LogP contribution is 2.26. The van der Waals surface area contributed by atoms with E-state index in [1.807, 2.05) is 60.8 Å². The van der Waals surface area contributed by atoms with Crippen LogP contribution in [0.25, 0.3) is 16.9 Å². The van der Waals surface area contributed by atoms with Crippen molar-refractivity contribution >= 4 is 6.21 Å². The molecule has 0 fully saturated rings. The summed E-state index contributed by atoms with van der Waals surface area (Å²) in [5, 5.41) is 16.8. The van der Waals surface area contributed by atoms with Crippen molar-refractivity contribution in [2.24, 2.45) is 5.16 Å². The van der Waals surface area contributed by atoms with Crippen molar-refractivity contribution < 1.29 is 9.94 Å². The maximum Gasteiger partial charge on any atom is 0.119 e. The first-order valence-electron chi connectivity index (χ1n) is 7.87. The molecule has 0 unspecified atom stereocenters. The number of nitrogens with zero attached hydrogens (tertiary/aromatic N) is 3. The lowest BCUT2D eigenvalue weighted by atomic mass is 10.1. The summed E-state index contributed by atoms with van der Waals surface area (Å²) in [6, 6.07) is 17.6. The molecule has 0 saturated heterocycles. The second-order valence-corrected chi connectivity index (χ2v) is 5.33. The summed E-state index contributed by atoms with van der Waals surface area (Å²) in [6.45, 7) is 2.74. The molecule has 0 aliphatic heterocycles. The van der Waals surface area contributed by atoms with Crippen molar-refractivity contribution in [2.75, 3.05) is 6.61 Å². The third-order valence-electron chi connectivity index (χ3n) is 3.54. The zero-order valence-electron chi connectivity index (χ0n) is 13.5. The molecule has 24 heavy (non-hydrogen) atoms. The number of ether oxygens (including phenoxy) is 1. The fourth-order valence-electron chi connectivity index (χ4n) is 2.43. The number of aromatic nitrogens is 2. The molecule has 0 bridgehead atoms. The van der Waals surface area contributed by atoms with E-state index in [1.165, 1.54) is 6.21 Å². The van der Waals surface area contributed by atoms with E-state index in [0.717, 1.165) is 34.7 Å². The van der Waals surface area contributed by atoms with Crippen molar-refractivity contribution in [3.8, 4) is 22.7 Å². The summed E-state index contributed by atoms with van der Waals surface area (Å²) in [7, 11) is 0. The van der Waals surface area contributed by atoms with Gasteiger partial charge in [0.15, 0.2) is 0 Å². The lowest BCUT2D eigenvalue weighted by molar-refractivity contribution is 0.317. The smallest absolute Gasteiger partial charge is 0.119 e. The van der Waals surface area contributed by atoms with Gasteiger partial charge < -0.3 is 9.94 Å². The van der Waals surface area contributed by atoms with Crippen molar-refractivity contribution in [3.05, 3.63) is 66.4 Å². The largest absolute Gasteiger partial charge is 0.494 e. The van der Waals surface area contributed by atoms with E-state index in [4.69, 9.17) is 9.94 Å². The average Bonchev–Trinajstić information content (AvgIpc) is 3.05. The SMILES string of the molecule is CCCOc1cccc(-c2nn(-c3ccccc3)cc2C=NO)c1. The Labute approximate surface area is 140 Å². The zero-order chi connectivity index (χ0) is 16.8. The van der Waals surface area contributed by atoms with Gasteiger partial charge in [0.25, 0.3) is 0 Å². The molecule has 3 aromatic rings. The molecule has 0 saturated carbocycles. The number of oxime groups is 1. The Bertz CT molecular complexity index is 826. The number of hydrogen-bond acceptors (Lipinski definition) is 4. The summed E-state index contributed by atoms with van der Waals surface area (Å²) in [6.07, 6.45) is 4.18. The van der Waals surface area contributed by atoms with Crippen LogP contribution in [0.3, 0.4) is 0 Å². The standard InChI is InChI=1S/C19H19N3O2/c1-2-11-24-18-10-6-7-15(12-18)19-16(13-20-23)14-22(21-19)17-8-4-3-5-9-17/h3-10,12-14,23H,2,11H2,1H3. The van der Waals surface area contributed by atoms with Gasteiger partial charge in [-0.05, 0) is 30.7 Å². The van der Waals surface area contributed by atoms with Crippen LogP contribution in [0.15, 0.2) is 65.9 Å². The Kier molecular flexibility index (Phi) is 4.91. The summed E-state index contributed by atoms with van der Waals surface area (Å²) in [4.78, 5) is 0. The summed E-state index contributed by atoms with van der Waals surface area (Å²) in [5.74, 6) is 0.801. The highest BCUT2D eigenvalue weighted by molar-refractivity contribution is 5.88. The lowest BCUT2D eigenvalue weighted by Crippen LogP contribution is -1.96. The Hall–Kier alpha value is -3.08. The minimum absolute atomic E-state index is 0.673. The van der Waals surface area contributed by atoms with Gasteiger partial charge in [0.2, 0.25) is 0 Å². The fraction of sp³-hybridized carbons (Fsp3) is 0.158. The molecular formula is C19H19N3O2. The molecule has 5 nitrogen and oxygen atoms in total. The molecule has 1 N–H and O–H groups in total. The second kappa shape index (κ2) is 7.46. The van der Waals surface area contributed by atoms with E-state index in [1.54, 1.807) is 4.68 Å². The molecule has 0 amide bonds. The van der Waals surface area contributed by atoms with Gasteiger partial charge in [-0.15, -0.1) is 0 Å². The molecular weight excluding hydrogens is 302 g/mol. The predicted octanol–water partition coefficient (Wildman–Crippen LogP) is 4.14. The van der Waals surface area contributed by atoms with Crippen LogP contribution in [0.4, 0.5) is 0 Å². The number of rotatable bonds is 6. The molecule has 0 atom stereocenters. The van der Waals surface area contributed by atoms with Crippen LogP contribution in [-0.2, 0) is 0 Å². The fourth-order valence-corrected chi connectivity index (χ4v) is 2.43. The van der Waals surface area contributed by atoms with Crippen molar-refractivity contribution in [1.82, 2.24) is 9.78 Å². The van der Waals surface area contributed by atoms with Crippen LogP contribution < -0.4 is 4.74 Å². The first kappa shape index (κ1) is 15.8. The molecule has 0 spiro atoms. The molecule has 1 heterocycles. The summed E-state index contributed by atoms with van der Waals surface area (Å²) >= 11 is 0. The van der Waals surface area contributed by atoms with Gasteiger partial charge in [-0.25, -0.2) is 4.68 Å². The number of benzene rings is 2. The molecule has 0 aliphatic carbocycles. The highest BCUT2D eigenvalue weighted by atomic mass is 16.5. The normalized spacial score (nSPS) is 11.0. The van der Waals surface area contributed by atoms with Gasteiger partial charge in [-0.3, -0.25) is 0 Å². The topological polar surface area (TPSA) is 59.6 Å². The highest BCUT2D eigenvalue weighted by Gasteiger charge is 2.12. The van der Waals surface area contributed by atoms with E-state index >= 15 is 0 Å². The maximum absolute atomic E-state index is 8.95. The zero-order valence-corrected chi connectivity index (χ0v) is 13.5. The third kappa shape index (κ3) is 3.46. The molecule has 0 radical (unpaired) electrons. The first-order chi connectivity index (χ1) is 11.8. The van der Waals surface area contributed by atoms with Crippen LogP contribution in [0, 0.1) is 0 Å². The molecule has 0 aliphatic rings. The van der Waals surface area contributed by atoms with Gasteiger partial charge >= 0.3 is 0 Å².